The number of unbranched alkanes of at least 4 members (excludes halogenated alkanes) is 1. The maximum Gasteiger partial charge on any atom is 0.0299 e. The molecule has 0 radical (unpaired) electrons. The molecule has 1 N–H and O–H groups in total. The van der Waals surface area contributed by atoms with Crippen molar-refractivity contribution in [1.82, 2.24) is 5.32 Å². The van der Waals surface area contributed by atoms with E-state index in [2.05, 4.69) is 40.3 Å². The lowest BCUT2D eigenvalue weighted by Gasteiger charge is -2.02. The summed E-state index contributed by atoms with van der Waals surface area (Å²) in [6.07, 6.45) is 3.79. The number of nitrogens with one attached hydrogen (secondary N) is 1. The van der Waals surface area contributed by atoms with Crippen LogP contribution in [0, 0.1) is 0 Å². The van der Waals surface area contributed by atoms with E-state index in [-0.39, 0.29) is 0 Å². The third-order valence-electron chi connectivity index (χ3n) is 2.49. The van der Waals surface area contributed by atoms with Crippen molar-refractivity contribution in [1.29, 1.82) is 0 Å². The summed E-state index contributed by atoms with van der Waals surface area (Å²) in [4.78, 5) is 2.94. The van der Waals surface area contributed by atoms with Crippen molar-refractivity contribution in [2.75, 3.05) is 6.54 Å². The predicted molar refractivity (Wildman–Crippen MR) is 73.3 cm³/mol. The molecule has 0 bridgehead atoms. The van der Waals surface area contributed by atoms with Gasteiger partial charge in [0.2, 0.25) is 0 Å². The average molecular weight is 251 g/mol. The second-order valence-corrected chi connectivity index (χ2v) is 5.86. The Morgan fingerprint density at radius 1 is 0.938 bits per heavy atom. The Balaban J connectivity index is 1.49. The topological polar surface area (TPSA) is 12.0 Å². The Kier molecular flexibility index (Phi) is 5.06. The summed E-state index contributed by atoms with van der Waals surface area (Å²) in [7, 11) is 0. The normalized spacial score (nSPS) is 10.8. The minimum Gasteiger partial charge on any atom is -0.312 e. The van der Waals surface area contributed by atoms with Crippen LogP contribution in [0.25, 0.3) is 0 Å². The molecule has 2 aromatic heterocycles. The van der Waals surface area contributed by atoms with Crippen LogP contribution < -0.4 is 5.32 Å². The van der Waals surface area contributed by atoms with Crippen LogP contribution in [-0.4, -0.2) is 6.54 Å². The van der Waals surface area contributed by atoms with E-state index in [1.54, 1.807) is 0 Å². The van der Waals surface area contributed by atoms with E-state index in [0.29, 0.717) is 0 Å². The van der Waals surface area contributed by atoms with Crippen LogP contribution in [0.2, 0.25) is 0 Å². The first-order chi connectivity index (χ1) is 7.95. The smallest absolute Gasteiger partial charge is 0.0299 e. The summed E-state index contributed by atoms with van der Waals surface area (Å²) in [5.74, 6) is 0. The Hall–Kier alpha value is -0.640. The maximum absolute atomic E-state index is 3.48. The molecule has 0 aliphatic rings. The summed E-state index contributed by atoms with van der Waals surface area (Å²) in [5.41, 5.74) is 0. The molecule has 0 atom stereocenters. The minimum atomic E-state index is 1.02. The van der Waals surface area contributed by atoms with Gasteiger partial charge in [-0.15, -0.1) is 22.7 Å². The fourth-order valence-electron chi connectivity index (χ4n) is 1.63. The number of hydrogen-bond acceptors (Lipinski definition) is 3. The molecule has 0 amide bonds. The average Bonchev–Trinajstić information content (AvgIpc) is 2.96. The largest absolute Gasteiger partial charge is 0.312 e. The zero-order valence-corrected chi connectivity index (χ0v) is 10.9. The van der Waals surface area contributed by atoms with Crippen LogP contribution in [0.3, 0.4) is 0 Å². The molecule has 1 nitrogen and oxygen atoms in total. The van der Waals surface area contributed by atoms with Crippen molar-refractivity contribution in [2.24, 2.45) is 0 Å². The van der Waals surface area contributed by atoms with Gasteiger partial charge in [0.05, 0.1) is 0 Å². The molecule has 0 aromatic carbocycles. The molecular weight excluding hydrogens is 234 g/mol. The molecule has 0 saturated heterocycles. The lowest BCUT2D eigenvalue weighted by Crippen LogP contribution is -2.13. The van der Waals surface area contributed by atoms with Crippen LogP contribution in [0.4, 0.5) is 0 Å². The van der Waals surface area contributed by atoms with Crippen LogP contribution in [-0.2, 0) is 13.0 Å². The van der Waals surface area contributed by atoms with Gasteiger partial charge in [-0.3, -0.25) is 0 Å². The third kappa shape index (κ3) is 4.08. The highest BCUT2D eigenvalue weighted by atomic mass is 32.1. The fraction of sp³-hybridized carbons (Fsp3) is 0.385. The molecule has 0 saturated carbocycles. The summed E-state index contributed by atoms with van der Waals surface area (Å²) >= 11 is 3.69. The molecule has 0 fully saturated rings. The van der Waals surface area contributed by atoms with Crippen LogP contribution in [0.15, 0.2) is 35.0 Å². The quantitative estimate of drug-likeness (QED) is 0.735. The highest BCUT2D eigenvalue weighted by Crippen LogP contribution is 2.11. The molecule has 0 aliphatic heterocycles. The lowest BCUT2D eigenvalue weighted by atomic mass is 10.2. The molecule has 16 heavy (non-hydrogen) atoms. The Morgan fingerprint density at radius 2 is 1.69 bits per heavy atom. The number of aryl methyl sites for hydroxylation is 1. The Morgan fingerprint density at radius 3 is 2.38 bits per heavy atom. The minimum absolute atomic E-state index is 1.02. The molecule has 2 heterocycles. The van der Waals surface area contributed by atoms with Crippen LogP contribution in [0.1, 0.15) is 22.6 Å². The van der Waals surface area contributed by atoms with E-state index in [9.17, 15) is 0 Å². The summed E-state index contributed by atoms with van der Waals surface area (Å²) in [6, 6.07) is 8.65. The summed E-state index contributed by atoms with van der Waals surface area (Å²) in [5, 5.41) is 7.77. The van der Waals surface area contributed by atoms with Crippen molar-refractivity contribution in [2.45, 2.75) is 25.8 Å². The van der Waals surface area contributed by atoms with E-state index in [1.807, 2.05) is 22.7 Å². The molecule has 86 valence electrons. The Labute approximate surface area is 105 Å². The lowest BCUT2D eigenvalue weighted by molar-refractivity contribution is 0.628. The van der Waals surface area contributed by atoms with E-state index in [4.69, 9.17) is 0 Å². The van der Waals surface area contributed by atoms with Gasteiger partial charge in [-0.25, -0.2) is 0 Å². The number of hydrogen-bond donors (Lipinski definition) is 1. The van der Waals surface area contributed by atoms with Crippen molar-refractivity contribution in [3.8, 4) is 0 Å². The molecule has 0 spiro atoms. The van der Waals surface area contributed by atoms with E-state index < -0.39 is 0 Å². The zero-order chi connectivity index (χ0) is 11.1. The molecule has 2 aromatic rings. The van der Waals surface area contributed by atoms with Crippen LogP contribution >= 0.6 is 22.7 Å². The van der Waals surface area contributed by atoms with Crippen molar-refractivity contribution < 1.29 is 0 Å². The molecular formula is C13H17NS2. The fourth-order valence-corrected chi connectivity index (χ4v) is 3.05. The first kappa shape index (κ1) is 11.8. The summed E-state index contributed by atoms with van der Waals surface area (Å²) < 4.78 is 0. The third-order valence-corrected chi connectivity index (χ3v) is 4.30. The van der Waals surface area contributed by atoms with Crippen LogP contribution in [0.5, 0.6) is 0 Å². The van der Waals surface area contributed by atoms with Gasteiger partial charge in [0.1, 0.15) is 0 Å². The first-order valence-corrected chi connectivity index (χ1v) is 7.46. The highest BCUT2D eigenvalue weighted by molar-refractivity contribution is 7.10. The van der Waals surface area contributed by atoms with Gasteiger partial charge >= 0.3 is 0 Å². The van der Waals surface area contributed by atoms with Gasteiger partial charge < -0.3 is 5.32 Å². The maximum atomic E-state index is 3.48. The van der Waals surface area contributed by atoms with Crippen molar-refractivity contribution in [3.05, 3.63) is 44.8 Å². The molecule has 0 unspecified atom stereocenters. The van der Waals surface area contributed by atoms with Gasteiger partial charge in [0.25, 0.3) is 0 Å². The van der Waals surface area contributed by atoms with E-state index in [0.717, 1.165) is 13.1 Å². The zero-order valence-electron chi connectivity index (χ0n) is 9.32. The number of rotatable bonds is 7. The van der Waals surface area contributed by atoms with Gasteiger partial charge in [-0.05, 0) is 48.7 Å². The second-order valence-electron chi connectivity index (χ2n) is 3.79. The van der Waals surface area contributed by atoms with Gasteiger partial charge in [0.15, 0.2) is 0 Å². The first-order valence-electron chi connectivity index (χ1n) is 5.70. The van der Waals surface area contributed by atoms with E-state index >= 15 is 0 Å². The van der Waals surface area contributed by atoms with Crippen molar-refractivity contribution in [3.63, 3.8) is 0 Å². The number of thiophene rings is 2. The standard InChI is InChI=1S/C13H17NS2/c1(5-12-6-3-9-15-12)2-8-14-11-13-7-4-10-16-13/h3-4,6-7,9-10,14H,1-2,5,8,11H2. The molecule has 2 rings (SSSR count). The van der Waals surface area contributed by atoms with Gasteiger partial charge in [0, 0.05) is 16.3 Å². The van der Waals surface area contributed by atoms with Crippen molar-refractivity contribution >= 4 is 22.7 Å². The summed E-state index contributed by atoms with van der Waals surface area (Å²) in [6.45, 7) is 2.15. The SMILES string of the molecule is c1csc(CCCCNCc2cccs2)c1. The van der Waals surface area contributed by atoms with E-state index in [1.165, 1.54) is 29.0 Å². The highest BCUT2D eigenvalue weighted by Gasteiger charge is 1.95. The molecule has 3 heteroatoms. The monoisotopic (exact) mass is 251 g/mol. The van der Waals surface area contributed by atoms with Gasteiger partial charge in [-0.1, -0.05) is 12.1 Å². The molecule has 0 aliphatic carbocycles. The second kappa shape index (κ2) is 6.84. The van der Waals surface area contributed by atoms with Gasteiger partial charge in [-0.2, -0.15) is 0 Å². The predicted octanol–water partition coefficient (Wildman–Crippen LogP) is 3.92. The Bertz CT molecular complexity index is 326.